The van der Waals surface area contributed by atoms with Gasteiger partial charge in [-0.05, 0) is 19.0 Å². The van der Waals surface area contributed by atoms with Crippen LogP contribution < -0.4 is 4.74 Å². The zero-order valence-electron chi connectivity index (χ0n) is 6.50. The summed E-state index contributed by atoms with van der Waals surface area (Å²) in [6.45, 7) is 3.89. The number of alkyl halides is 1. The Kier molecular flexibility index (Phi) is 2.93. The molecule has 0 N–H and O–H groups in total. The van der Waals surface area contributed by atoms with E-state index in [1.54, 1.807) is 6.07 Å². The van der Waals surface area contributed by atoms with Crippen molar-refractivity contribution in [1.29, 1.82) is 0 Å². The van der Waals surface area contributed by atoms with Gasteiger partial charge in [-0.3, -0.25) is 0 Å². The predicted molar refractivity (Wildman–Crippen MR) is 44.9 cm³/mol. The van der Waals surface area contributed by atoms with E-state index in [1.165, 1.54) is 0 Å². The van der Waals surface area contributed by atoms with Gasteiger partial charge in [-0.2, -0.15) is 0 Å². The van der Waals surface area contributed by atoms with Crippen LogP contribution in [-0.4, -0.2) is 11.3 Å². The zero-order valence-corrected chi connectivity index (χ0v) is 8.09. The van der Waals surface area contributed by atoms with Crippen molar-refractivity contribution in [1.82, 2.24) is 5.16 Å². The first-order valence-electron chi connectivity index (χ1n) is 3.40. The van der Waals surface area contributed by atoms with Crippen LogP contribution in [-0.2, 0) is 5.33 Å². The fraction of sp³-hybridized carbons (Fsp3) is 0.571. The van der Waals surface area contributed by atoms with Gasteiger partial charge in [-0.25, -0.2) is 0 Å². The Morgan fingerprint density at radius 2 is 2.45 bits per heavy atom. The second-order valence-corrected chi connectivity index (χ2v) is 2.99. The summed E-state index contributed by atoms with van der Waals surface area (Å²) < 4.78 is 10.2. The van der Waals surface area contributed by atoms with Crippen molar-refractivity contribution in [3.8, 4) is 5.88 Å². The Morgan fingerprint density at radius 3 is 2.91 bits per heavy atom. The first-order chi connectivity index (χ1) is 5.22. The highest BCUT2D eigenvalue weighted by Crippen LogP contribution is 2.14. The van der Waals surface area contributed by atoms with Crippen LogP contribution >= 0.6 is 15.9 Å². The van der Waals surface area contributed by atoms with E-state index < -0.39 is 0 Å². The minimum atomic E-state index is 0.142. The molecular formula is C7H10BrNO2. The second kappa shape index (κ2) is 3.76. The predicted octanol–water partition coefficient (Wildman–Crippen LogP) is 2.36. The van der Waals surface area contributed by atoms with Crippen molar-refractivity contribution in [2.24, 2.45) is 0 Å². The summed E-state index contributed by atoms with van der Waals surface area (Å²) in [6.07, 6.45) is 0.142. The van der Waals surface area contributed by atoms with Crippen LogP contribution in [0.5, 0.6) is 5.88 Å². The SMILES string of the molecule is CC(C)Oc1cc(CBr)on1. The molecule has 0 aliphatic heterocycles. The molecule has 0 aromatic carbocycles. The van der Waals surface area contributed by atoms with Gasteiger partial charge in [0.15, 0.2) is 5.76 Å². The van der Waals surface area contributed by atoms with Crippen molar-refractivity contribution in [2.45, 2.75) is 25.3 Å². The molecule has 3 nitrogen and oxygen atoms in total. The first kappa shape index (κ1) is 8.59. The molecule has 0 unspecified atom stereocenters. The van der Waals surface area contributed by atoms with Crippen LogP contribution in [0.15, 0.2) is 10.6 Å². The van der Waals surface area contributed by atoms with Gasteiger partial charge >= 0.3 is 0 Å². The van der Waals surface area contributed by atoms with Crippen molar-refractivity contribution in [2.75, 3.05) is 0 Å². The second-order valence-electron chi connectivity index (χ2n) is 2.43. The van der Waals surface area contributed by atoms with Crippen LogP contribution in [0.25, 0.3) is 0 Å². The number of halogens is 1. The molecule has 1 rings (SSSR count). The molecule has 11 heavy (non-hydrogen) atoms. The maximum Gasteiger partial charge on any atom is 0.254 e. The summed E-state index contributed by atoms with van der Waals surface area (Å²) in [7, 11) is 0. The Morgan fingerprint density at radius 1 is 1.73 bits per heavy atom. The van der Waals surface area contributed by atoms with Gasteiger partial charge in [0, 0.05) is 6.07 Å². The first-order valence-corrected chi connectivity index (χ1v) is 4.52. The summed E-state index contributed by atoms with van der Waals surface area (Å²) in [5, 5.41) is 4.37. The normalized spacial score (nSPS) is 10.5. The lowest BCUT2D eigenvalue weighted by atomic mass is 10.5. The number of rotatable bonds is 3. The summed E-state index contributed by atoms with van der Waals surface area (Å²) >= 11 is 3.25. The van der Waals surface area contributed by atoms with E-state index in [4.69, 9.17) is 9.26 Å². The number of nitrogens with zero attached hydrogens (tertiary/aromatic N) is 1. The lowest BCUT2D eigenvalue weighted by Crippen LogP contribution is -2.05. The van der Waals surface area contributed by atoms with E-state index in [0.29, 0.717) is 11.2 Å². The summed E-state index contributed by atoms with van der Waals surface area (Å²) in [4.78, 5) is 0. The average Bonchev–Trinajstić information content (AvgIpc) is 2.34. The zero-order chi connectivity index (χ0) is 8.27. The van der Waals surface area contributed by atoms with Crippen LogP contribution in [0.3, 0.4) is 0 Å². The number of aromatic nitrogens is 1. The quantitative estimate of drug-likeness (QED) is 0.733. The van der Waals surface area contributed by atoms with Crippen molar-refractivity contribution in [3.05, 3.63) is 11.8 Å². The molecule has 0 bridgehead atoms. The highest BCUT2D eigenvalue weighted by Gasteiger charge is 2.04. The van der Waals surface area contributed by atoms with Crippen LogP contribution in [0.1, 0.15) is 19.6 Å². The van der Waals surface area contributed by atoms with Crippen molar-refractivity contribution < 1.29 is 9.26 Å². The van der Waals surface area contributed by atoms with E-state index in [9.17, 15) is 0 Å². The number of hydrogen-bond acceptors (Lipinski definition) is 3. The van der Waals surface area contributed by atoms with Crippen LogP contribution in [0, 0.1) is 0 Å². The van der Waals surface area contributed by atoms with E-state index >= 15 is 0 Å². The maximum atomic E-state index is 5.27. The summed E-state index contributed by atoms with van der Waals surface area (Å²) in [6, 6.07) is 1.77. The summed E-state index contributed by atoms with van der Waals surface area (Å²) in [5.74, 6) is 1.33. The van der Waals surface area contributed by atoms with Crippen LogP contribution in [0.4, 0.5) is 0 Å². The van der Waals surface area contributed by atoms with Gasteiger partial charge < -0.3 is 9.26 Å². The van der Waals surface area contributed by atoms with Gasteiger partial charge in [0.1, 0.15) is 0 Å². The van der Waals surface area contributed by atoms with Crippen molar-refractivity contribution >= 4 is 15.9 Å². The Bertz CT molecular complexity index is 222. The smallest absolute Gasteiger partial charge is 0.254 e. The molecule has 0 radical (unpaired) electrons. The minimum absolute atomic E-state index is 0.142. The van der Waals surface area contributed by atoms with Gasteiger partial charge in [0.25, 0.3) is 5.88 Å². The number of hydrogen-bond donors (Lipinski definition) is 0. The molecular weight excluding hydrogens is 210 g/mol. The third-order valence-corrected chi connectivity index (χ3v) is 1.58. The molecule has 0 saturated heterocycles. The molecule has 4 heteroatoms. The molecule has 0 aliphatic carbocycles. The number of ether oxygens (including phenoxy) is 1. The third-order valence-electron chi connectivity index (χ3n) is 1.03. The van der Waals surface area contributed by atoms with Gasteiger partial charge in [-0.1, -0.05) is 15.9 Å². The largest absolute Gasteiger partial charge is 0.473 e. The minimum Gasteiger partial charge on any atom is -0.473 e. The highest BCUT2D eigenvalue weighted by atomic mass is 79.9. The molecule has 1 aromatic rings. The maximum absolute atomic E-state index is 5.27. The molecule has 0 aliphatic rings. The molecule has 0 amide bonds. The molecule has 0 saturated carbocycles. The van der Waals surface area contributed by atoms with Gasteiger partial charge in [0.05, 0.1) is 11.4 Å². The molecule has 0 spiro atoms. The molecule has 1 heterocycles. The molecule has 0 atom stereocenters. The van der Waals surface area contributed by atoms with E-state index in [0.717, 1.165) is 5.76 Å². The third kappa shape index (κ3) is 2.54. The lowest BCUT2D eigenvalue weighted by Gasteiger charge is -2.02. The molecule has 1 aromatic heterocycles. The monoisotopic (exact) mass is 219 g/mol. The van der Waals surface area contributed by atoms with Crippen LogP contribution in [0.2, 0.25) is 0 Å². The van der Waals surface area contributed by atoms with E-state index in [1.807, 2.05) is 13.8 Å². The fourth-order valence-corrected chi connectivity index (χ4v) is 0.918. The topological polar surface area (TPSA) is 35.3 Å². The molecule has 62 valence electrons. The Hall–Kier alpha value is -0.510. The van der Waals surface area contributed by atoms with Gasteiger partial charge in [0.2, 0.25) is 0 Å². The lowest BCUT2D eigenvalue weighted by molar-refractivity contribution is 0.217. The van der Waals surface area contributed by atoms with E-state index in [-0.39, 0.29) is 6.10 Å². The van der Waals surface area contributed by atoms with E-state index in [2.05, 4.69) is 21.1 Å². The Labute approximate surface area is 73.8 Å². The average molecular weight is 220 g/mol. The fourth-order valence-electron chi connectivity index (χ4n) is 0.654. The standard InChI is InChI=1S/C7H10BrNO2/c1-5(2)10-7-3-6(4-8)11-9-7/h3,5H,4H2,1-2H3. The van der Waals surface area contributed by atoms with Crippen molar-refractivity contribution in [3.63, 3.8) is 0 Å². The van der Waals surface area contributed by atoms with Gasteiger partial charge in [-0.15, -0.1) is 0 Å². The Balaban J connectivity index is 2.58. The molecule has 0 fully saturated rings. The highest BCUT2D eigenvalue weighted by molar-refractivity contribution is 9.08. The summed E-state index contributed by atoms with van der Waals surface area (Å²) in [5.41, 5.74) is 0.